The average molecular weight is 347 g/mol. The van der Waals surface area contributed by atoms with Crippen LogP contribution in [0.25, 0.3) is 5.69 Å². The number of aryl methyl sites for hydroxylation is 1. The lowest BCUT2D eigenvalue weighted by molar-refractivity contribution is 0.0956. The molecule has 0 saturated carbocycles. The van der Waals surface area contributed by atoms with Crippen LogP contribution in [0.15, 0.2) is 42.7 Å². The molecule has 1 N–H and O–H groups in total. The lowest BCUT2D eigenvalue weighted by atomic mass is 10.0. The second-order valence-corrected chi connectivity index (χ2v) is 6.93. The van der Waals surface area contributed by atoms with Crippen molar-refractivity contribution in [3.05, 3.63) is 71.1 Å². The number of hydrogen-bond donors (Lipinski definition) is 1. The highest BCUT2D eigenvalue weighted by molar-refractivity contribution is 5.99. The molecule has 6 heteroatoms. The molecule has 1 aliphatic heterocycles. The van der Waals surface area contributed by atoms with Crippen LogP contribution < -0.4 is 5.32 Å². The fourth-order valence-electron chi connectivity index (χ4n) is 3.30. The summed E-state index contributed by atoms with van der Waals surface area (Å²) in [6, 6.07) is 9.56. The number of rotatable bonds is 4. The number of carbonyl (C=O) groups is 1. The van der Waals surface area contributed by atoms with Crippen molar-refractivity contribution in [1.82, 2.24) is 25.1 Å². The van der Waals surface area contributed by atoms with E-state index in [4.69, 9.17) is 10.1 Å². The smallest absolute Gasteiger partial charge is 0.252 e. The van der Waals surface area contributed by atoms with Crippen molar-refractivity contribution in [3.8, 4) is 5.69 Å². The van der Waals surface area contributed by atoms with Crippen molar-refractivity contribution in [3.63, 3.8) is 0 Å². The summed E-state index contributed by atoms with van der Waals surface area (Å²) in [6.45, 7) is 6.17. The molecule has 4 rings (SSSR count). The van der Waals surface area contributed by atoms with Gasteiger partial charge in [0.2, 0.25) is 0 Å². The third kappa shape index (κ3) is 2.77. The molecule has 0 saturated heterocycles. The zero-order valence-corrected chi connectivity index (χ0v) is 15.1. The van der Waals surface area contributed by atoms with Crippen LogP contribution in [-0.4, -0.2) is 25.7 Å². The maximum atomic E-state index is 12.2. The van der Waals surface area contributed by atoms with E-state index in [0.29, 0.717) is 6.42 Å². The van der Waals surface area contributed by atoms with Gasteiger partial charge in [-0.25, -0.2) is 9.67 Å². The van der Waals surface area contributed by atoms with Gasteiger partial charge in [-0.1, -0.05) is 32.0 Å². The van der Waals surface area contributed by atoms with E-state index in [9.17, 15) is 4.79 Å². The minimum Gasteiger partial charge on any atom is -0.345 e. The van der Waals surface area contributed by atoms with E-state index in [-0.39, 0.29) is 17.9 Å². The van der Waals surface area contributed by atoms with Crippen molar-refractivity contribution >= 4 is 5.91 Å². The number of nitrogens with zero attached hydrogens (tertiary/aromatic N) is 4. The van der Waals surface area contributed by atoms with Crippen molar-refractivity contribution in [2.24, 2.45) is 0 Å². The van der Waals surface area contributed by atoms with Crippen LogP contribution in [0.2, 0.25) is 0 Å². The second-order valence-electron chi connectivity index (χ2n) is 6.93. The van der Waals surface area contributed by atoms with E-state index < -0.39 is 0 Å². The number of amides is 1. The van der Waals surface area contributed by atoms with Gasteiger partial charge in [-0.15, -0.1) is 0 Å². The number of carbonyl (C=O) groups excluding carboxylic acids is 1. The number of benzene rings is 1. The van der Waals surface area contributed by atoms with Gasteiger partial charge in [0.05, 0.1) is 11.7 Å². The van der Waals surface area contributed by atoms with Crippen LogP contribution in [0.4, 0.5) is 0 Å². The van der Waals surface area contributed by atoms with Crippen LogP contribution in [0, 0.1) is 6.92 Å². The molecule has 1 atom stereocenters. The Kier molecular flexibility index (Phi) is 4.03. The van der Waals surface area contributed by atoms with Gasteiger partial charge in [0.25, 0.3) is 5.91 Å². The van der Waals surface area contributed by atoms with E-state index in [2.05, 4.69) is 24.1 Å². The first kappa shape index (κ1) is 16.4. The predicted molar refractivity (Wildman–Crippen MR) is 98.3 cm³/mol. The Hall–Kier alpha value is -3.02. The molecular weight excluding hydrogens is 326 g/mol. The van der Waals surface area contributed by atoms with E-state index in [1.54, 1.807) is 6.20 Å². The summed E-state index contributed by atoms with van der Waals surface area (Å²) < 4.78 is 1.89. The molecular formula is C20H21N5O. The van der Waals surface area contributed by atoms with Crippen LogP contribution in [-0.2, 0) is 6.42 Å². The molecule has 26 heavy (non-hydrogen) atoms. The lowest BCUT2D eigenvalue weighted by Crippen LogP contribution is -2.22. The second kappa shape index (κ2) is 6.37. The Balaban J connectivity index is 1.75. The van der Waals surface area contributed by atoms with Gasteiger partial charge in [-0.05, 0) is 30.2 Å². The average Bonchev–Trinajstić information content (AvgIpc) is 3.18. The SMILES string of the molecule is Cc1cnccc1-n1nc(C(C)C)nc1C[C@H]1NC(=O)c2ccccc21. The van der Waals surface area contributed by atoms with Gasteiger partial charge in [-0.2, -0.15) is 5.10 Å². The Morgan fingerprint density at radius 3 is 2.81 bits per heavy atom. The quantitative estimate of drug-likeness (QED) is 0.787. The van der Waals surface area contributed by atoms with Crippen LogP contribution in [0.3, 0.4) is 0 Å². The molecule has 6 nitrogen and oxygen atoms in total. The van der Waals surface area contributed by atoms with Gasteiger partial charge in [0, 0.05) is 30.3 Å². The molecule has 3 heterocycles. The Labute approximate surface area is 152 Å². The van der Waals surface area contributed by atoms with Crippen LogP contribution in [0.1, 0.15) is 58.9 Å². The third-order valence-corrected chi connectivity index (χ3v) is 4.70. The molecule has 0 aliphatic carbocycles. The molecule has 0 unspecified atom stereocenters. The number of pyridine rings is 1. The zero-order chi connectivity index (χ0) is 18.3. The van der Waals surface area contributed by atoms with Crippen molar-refractivity contribution in [2.45, 2.75) is 39.2 Å². The fraction of sp³-hybridized carbons (Fsp3) is 0.300. The molecule has 0 spiro atoms. The highest BCUT2D eigenvalue weighted by atomic mass is 16.2. The highest BCUT2D eigenvalue weighted by Gasteiger charge is 2.30. The molecule has 1 aromatic carbocycles. The summed E-state index contributed by atoms with van der Waals surface area (Å²) in [5.74, 6) is 1.84. The first-order chi connectivity index (χ1) is 12.5. The minimum atomic E-state index is -0.0937. The number of aromatic nitrogens is 4. The minimum absolute atomic E-state index is 0.0270. The summed E-state index contributed by atoms with van der Waals surface area (Å²) in [5.41, 5.74) is 3.76. The predicted octanol–water partition coefficient (Wildman–Crippen LogP) is 3.12. The van der Waals surface area contributed by atoms with Gasteiger partial charge < -0.3 is 5.32 Å². The monoisotopic (exact) mass is 347 g/mol. The van der Waals surface area contributed by atoms with Crippen molar-refractivity contribution in [2.75, 3.05) is 0 Å². The van der Waals surface area contributed by atoms with E-state index >= 15 is 0 Å². The summed E-state index contributed by atoms with van der Waals surface area (Å²) in [7, 11) is 0. The molecule has 1 aliphatic rings. The summed E-state index contributed by atoms with van der Waals surface area (Å²) in [6.07, 6.45) is 4.17. The van der Waals surface area contributed by atoms with Crippen LogP contribution in [0.5, 0.6) is 0 Å². The summed E-state index contributed by atoms with van der Waals surface area (Å²) in [4.78, 5) is 21.2. The molecule has 132 valence electrons. The van der Waals surface area contributed by atoms with Crippen molar-refractivity contribution < 1.29 is 4.79 Å². The summed E-state index contributed by atoms with van der Waals surface area (Å²) >= 11 is 0. The number of fused-ring (bicyclic) bond motifs is 1. The largest absolute Gasteiger partial charge is 0.345 e. The van der Waals surface area contributed by atoms with E-state index in [1.807, 2.05) is 48.1 Å². The van der Waals surface area contributed by atoms with Gasteiger partial charge in [0.15, 0.2) is 5.82 Å². The van der Waals surface area contributed by atoms with E-state index in [0.717, 1.165) is 34.0 Å². The first-order valence-electron chi connectivity index (χ1n) is 8.81. The van der Waals surface area contributed by atoms with E-state index in [1.165, 1.54) is 0 Å². The van der Waals surface area contributed by atoms with Gasteiger partial charge >= 0.3 is 0 Å². The molecule has 2 aromatic heterocycles. The first-order valence-corrected chi connectivity index (χ1v) is 8.81. The number of hydrogen-bond acceptors (Lipinski definition) is 4. The number of nitrogens with one attached hydrogen (secondary N) is 1. The maximum absolute atomic E-state index is 12.2. The van der Waals surface area contributed by atoms with Crippen molar-refractivity contribution in [1.29, 1.82) is 0 Å². The zero-order valence-electron chi connectivity index (χ0n) is 15.1. The Morgan fingerprint density at radius 2 is 2.04 bits per heavy atom. The Morgan fingerprint density at radius 1 is 1.23 bits per heavy atom. The van der Waals surface area contributed by atoms with Gasteiger partial charge in [0.1, 0.15) is 5.82 Å². The molecule has 0 bridgehead atoms. The standard InChI is InChI=1S/C20H21N5O/c1-12(2)19-23-18(25(24-19)17-8-9-21-11-13(17)3)10-16-14-6-4-5-7-15(14)20(26)22-16/h4-9,11-12,16H,10H2,1-3H3,(H,22,26)/t16-/m1/s1. The molecule has 3 aromatic rings. The Bertz CT molecular complexity index is 976. The highest BCUT2D eigenvalue weighted by Crippen LogP contribution is 2.29. The summed E-state index contributed by atoms with van der Waals surface area (Å²) in [5, 5.41) is 7.79. The fourth-order valence-corrected chi connectivity index (χ4v) is 3.30. The molecule has 0 fully saturated rings. The maximum Gasteiger partial charge on any atom is 0.252 e. The third-order valence-electron chi connectivity index (χ3n) is 4.70. The topological polar surface area (TPSA) is 72.7 Å². The molecule has 1 amide bonds. The van der Waals surface area contributed by atoms with Gasteiger partial charge in [-0.3, -0.25) is 9.78 Å². The normalized spacial score (nSPS) is 16.0. The lowest BCUT2D eigenvalue weighted by Gasteiger charge is -2.13. The van der Waals surface area contributed by atoms with Crippen LogP contribution >= 0.6 is 0 Å². The molecule has 0 radical (unpaired) electrons.